The Bertz CT molecular complexity index is 1310. The monoisotopic (exact) mass is 467 g/mol. The predicted octanol–water partition coefficient (Wildman–Crippen LogP) is 5.60. The zero-order valence-corrected chi connectivity index (χ0v) is 18.4. The molecule has 1 aliphatic carbocycles. The maximum Gasteiger partial charge on any atom is 0.329 e. The van der Waals surface area contributed by atoms with Gasteiger partial charge >= 0.3 is 5.97 Å². The smallest absolute Gasteiger partial charge is 0.329 e. The molecule has 1 aliphatic rings. The first-order chi connectivity index (χ1) is 15.5. The Labute approximate surface area is 194 Å². The predicted molar refractivity (Wildman–Crippen MR) is 125 cm³/mol. The van der Waals surface area contributed by atoms with Crippen molar-refractivity contribution in [2.45, 2.75) is 31.2 Å². The van der Waals surface area contributed by atoms with E-state index in [-0.39, 0.29) is 0 Å². The van der Waals surface area contributed by atoms with Crippen LogP contribution in [0.3, 0.4) is 0 Å². The lowest BCUT2D eigenvalue weighted by Gasteiger charge is -2.25. The van der Waals surface area contributed by atoms with E-state index >= 15 is 0 Å². The Hall–Kier alpha value is -3.16. The average molecular weight is 468 g/mol. The first-order valence-corrected chi connectivity index (χ1v) is 11.0. The second kappa shape index (κ2) is 8.07. The fourth-order valence-corrected chi connectivity index (χ4v) is 4.59. The summed E-state index contributed by atoms with van der Waals surface area (Å²) in [5, 5.41) is 14.2. The highest BCUT2D eigenvalue weighted by molar-refractivity contribution is 6.33. The normalized spacial score (nSPS) is 15.2. The number of aliphatic carboxylic acids is 1. The summed E-state index contributed by atoms with van der Waals surface area (Å²) < 4.78 is 1.88. The van der Waals surface area contributed by atoms with Crippen LogP contribution in [0, 0.1) is 0 Å². The van der Waals surface area contributed by atoms with Crippen LogP contribution >= 0.6 is 23.2 Å². The van der Waals surface area contributed by atoms with Crippen LogP contribution in [0.2, 0.25) is 10.0 Å². The number of carbonyl (C=O) groups is 1. The summed E-state index contributed by atoms with van der Waals surface area (Å²) in [4.78, 5) is 25.8. The summed E-state index contributed by atoms with van der Waals surface area (Å²) in [5.41, 5.74) is 1.48. The molecule has 0 atom stereocenters. The number of rotatable bonds is 5. The van der Waals surface area contributed by atoms with Crippen molar-refractivity contribution >= 4 is 46.2 Å². The van der Waals surface area contributed by atoms with E-state index in [9.17, 15) is 9.90 Å². The van der Waals surface area contributed by atoms with Gasteiger partial charge in [0.05, 0.1) is 5.02 Å². The van der Waals surface area contributed by atoms with Gasteiger partial charge in [-0.3, -0.25) is 4.57 Å². The standard InChI is InChI=1S/C23H19Cl2N5O2/c24-14-7-9-15(10-8-14)30-20(16-5-1-2-6-17(16)25)28-18-19(26-13-27-21(18)30)29-23(22(31)32)11-3-4-12-23/h1-2,5-10,13H,3-4,11-12H2,(H,31,32)(H,26,27,29). The van der Waals surface area contributed by atoms with E-state index in [0.29, 0.717) is 45.7 Å². The van der Waals surface area contributed by atoms with Gasteiger partial charge in [-0.2, -0.15) is 0 Å². The van der Waals surface area contributed by atoms with E-state index in [0.717, 1.165) is 24.1 Å². The molecule has 0 radical (unpaired) electrons. The number of imidazole rings is 1. The Morgan fingerprint density at radius 1 is 1.03 bits per heavy atom. The summed E-state index contributed by atoms with van der Waals surface area (Å²) in [7, 11) is 0. The molecule has 1 saturated carbocycles. The number of halogens is 2. The number of nitrogens with zero attached hydrogens (tertiary/aromatic N) is 4. The minimum absolute atomic E-state index is 0.389. The average Bonchev–Trinajstić information content (AvgIpc) is 3.41. The molecule has 0 bridgehead atoms. The molecule has 5 rings (SSSR count). The Kier molecular flexibility index (Phi) is 5.23. The van der Waals surface area contributed by atoms with Crippen LogP contribution < -0.4 is 5.32 Å². The molecule has 2 N–H and O–H groups in total. The van der Waals surface area contributed by atoms with Gasteiger partial charge in [-0.05, 0) is 49.2 Å². The van der Waals surface area contributed by atoms with Crippen LogP contribution in [-0.4, -0.2) is 36.1 Å². The molecule has 2 aromatic heterocycles. The summed E-state index contributed by atoms with van der Waals surface area (Å²) in [6, 6.07) is 14.7. The number of aromatic nitrogens is 4. The molecule has 9 heteroatoms. The summed E-state index contributed by atoms with van der Waals surface area (Å²) in [6.07, 6.45) is 4.17. The minimum atomic E-state index is -1.06. The Morgan fingerprint density at radius 2 is 1.75 bits per heavy atom. The van der Waals surface area contributed by atoms with Crippen LogP contribution in [0.25, 0.3) is 28.2 Å². The molecule has 1 fully saturated rings. The largest absolute Gasteiger partial charge is 0.480 e. The summed E-state index contributed by atoms with van der Waals surface area (Å²) >= 11 is 12.6. The van der Waals surface area contributed by atoms with Crippen molar-refractivity contribution in [2.75, 3.05) is 5.32 Å². The lowest BCUT2D eigenvalue weighted by molar-refractivity contribution is -0.142. The van der Waals surface area contributed by atoms with Gasteiger partial charge in [0.2, 0.25) is 0 Å². The van der Waals surface area contributed by atoms with E-state index in [1.54, 1.807) is 18.2 Å². The van der Waals surface area contributed by atoms with Gasteiger partial charge < -0.3 is 10.4 Å². The van der Waals surface area contributed by atoms with Crippen LogP contribution in [0.4, 0.5) is 5.82 Å². The third-order valence-corrected chi connectivity index (χ3v) is 6.45. The fourth-order valence-electron chi connectivity index (χ4n) is 4.24. The zero-order chi connectivity index (χ0) is 22.3. The number of carboxylic acids is 1. The zero-order valence-electron chi connectivity index (χ0n) is 16.9. The Morgan fingerprint density at radius 3 is 2.44 bits per heavy atom. The van der Waals surface area contributed by atoms with Crippen molar-refractivity contribution in [3.05, 3.63) is 64.9 Å². The molecule has 2 aromatic carbocycles. The van der Waals surface area contributed by atoms with Gasteiger partial charge in [0.25, 0.3) is 0 Å². The van der Waals surface area contributed by atoms with Gasteiger partial charge in [0.1, 0.15) is 17.7 Å². The molecule has 0 aliphatic heterocycles. The molecule has 162 valence electrons. The van der Waals surface area contributed by atoms with Crippen molar-refractivity contribution in [3.8, 4) is 17.1 Å². The second-order valence-electron chi connectivity index (χ2n) is 7.84. The topological polar surface area (TPSA) is 92.9 Å². The molecule has 0 saturated heterocycles. The van der Waals surface area contributed by atoms with Crippen molar-refractivity contribution in [1.29, 1.82) is 0 Å². The lowest BCUT2D eigenvalue weighted by Crippen LogP contribution is -2.44. The molecule has 0 amide bonds. The number of hydrogen-bond donors (Lipinski definition) is 2. The van der Waals surface area contributed by atoms with Gasteiger partial charge in [0.15, 0.2) is 17.0 Å². The lowest BCUT2D eigenvalue weighted by atomic mass is 9.98. The molecular formula is C23H19Cl2N5O2. The molecule has 32 heavy (non-hydrogen) atoms. The van der Waals surface area contributed by atoms with Gasteiger partial charge in [0, 0.05) is 16.3 Å². The van der Waals surface area contributed by atoms with E-state index in [1.165, 1.54) is 6.33 Å². The van der Waals surface area contributed by atoms with Crippen molar-refractivity contribution in [3.63, 3.8) is 0 Å². The summed E-state index contributed by atoms with van der Waals surface area (Å²) in [5.74, 6) is 0.0813. The van der Waals surface area contributed by atoms with Crippen LogP contribution in [0.15, 0.2) is 54.9 Å². The van der Waals surface area contributed by atoms with E-state index in [4.69, 9.17) is 28.2 Å². The number of hydrogen-bond acceptors (Lipinski definition) is 5. The van der Waals surface area contributed by atoms with E-state index in [2.05, 4.69) is 15.3 Å². The SMILES string of the molecule is O=C(O)C1(Nc2ncnc3c2nc(-c2ccccc2Cl)n3-c2ccc(Cl)cc2)CCCC1. The van der Waals surface area contributed by atoms with Gasteiger partial charge in [-0.25, -0.2) is 19.7 Å². The number of nitrogens with one attached hydrogen (secondary N) is 1. The highest BCUT2D eigenvalue weighted by Crippen LogP contribution is 2.37. The summed E-state index contributed by atoms with van der Waals surface area (Å²) in [6.45, 7) is 0. The second-order valence-corrected chi connectivity index (χ2v) is 8.68. The maximum absolute atomic E-state index is 12.1. The first kappa shape index (κ1) is 20.7. The minimum Gasteiger partial charge on any atom is -0.480 e. The molecule has 4 aromatic rings. The van der Waals surface area contributed by atoms with Crippen LogP contribution in [0.1, 0.15) is 25.7 Å². The van der Waals surface area contributed by atoms with E-state index < -0.39 is 11.5 Å². The highest BCUT2D eigenvalue weighted by Gasteiger charge is 2.42. The fraction of sp³-hybridized carbons (Fsp3) is 0.217. The maximum atomic E-state index is 12.1. The first-order valence-electron chi connectivity index (χ1n) is 10.2. The van der Waals surface area contributed by atoms with Gasteiger partial charge in [-0.1, -0.05) is 48.2 Å². The number of anilines is 1. The van der Waals surface area contributed by atoms with Crippen LogP contribution in [-0.2, 0) is 4.79 Å². The number of carboxylic acid groups (broad SMARTS) is 1. The molecular weight excluding hydrogens is 449 g/mol. The van der Waals surface area contributed by atoms with Crippen LogP contribution in [0.5, 0.6) is 0 Å². The quantitative estimate of drug-likeness (QED) is 0.396. The molecule has 7 nitrogen and oxygen atoms in total. The van der Waals surface area contributed by atoms with Crippen molar-refractivity contribution in [1.82, 2.24) is 19.5 Å². The molecule has 2 heterocycles. The molecule has 0 spiro atoms. The van der Waals surface area contributed by atoms with E-state index in [1.807, 2.05) is 34.9 Å². The third kappa shape index (κ3) is 3.47. The van der Waals surface area contributed by atoms with Crippen molar-refractivity contribution < 1.29 is 9.90 Å². The van der Waals surface area contributed by atoms with Crippen molar-refractivity contribution in [2.24, 2.45) is 0 Å². The third-order valence-electron chi connectivity index (χ3n) is 5.87. The number of fused-ring (bicyclic) bond motifs is 1. The molecule has 0 unspecified atom stereocenters. The van der Waals surface area contributed by atoms with Gasteiger partial charge in [-0.15, -0.1) is 0 Å². The number of benzene rings is 2. The Balaban J connectivity index is 1.75. The highest BCUT2D eigenvalue weighted by atomic mass is 35.5.